The molecule has 2 fully saturated rings. The van der Waals surface area contributed by atoms with Gasteiger partial charge in [-0.3, -0.25) is 0 Å². The molecule has 0 N–H and O–H groups in total. The van der Waals surface area contributed by atoms with Crippen LogP contribution < -0.4 is 0 Å². The molecule has 2 saturated carbocycles. The van der Waals surface area contributed by atoms with E-state index in [9.17, 15) is 8.78 Å². The predicted molar refractivity (Wildman–Crippen MR) is 95.9 cm³/mol. The minimum Gasteiger partial charge on any atom is -0.204 e. The van der Waals surface area contributed by atoms with E-state index in [-0.39, 0.29) is 0 Å². The summed E-state index contributed by atoms with van der Waals surface area (Å²) in [6.45, 7) is 2.20. The molecule has 0 atom stereocenters. The van der Waals surface area contributed by atoms with Gasteiger partial charge in [-0.2, -0.15) is 0 Å². The van der Waals surface area contributed by atoms with Gasteiger partial charge in [0.2, 0.25) is 0 Å². The van der Waals surface area contributed by atoms with E-state index in [1.165, 1.54) is 50.7 Å². The zero-order valence-corrected chi connectivity index (χ0v) is 14.8. The third-order valence-electron chi connectivity index (χ3n) is 6.31. The first-order chi connectivity index (χ1) is 11.7. The Balaban J connectivity index is 1.49. The third-order valence-corrected chi connectivity index (χ3v) is 6.31. The van der Waals surface area contributed by atoms with Crippen LogP contribution in [0.3, 0.4) is 0 Å². The highest BCUT2D eigenvalue weighted by molar-refractivity contribution is 5.22. The lowest BCUT2D eigenvalue weighted by Crippen LogP contribution is -2.25. The second-order valence-corrected chi connectivity index (χ2v) is 7.80. The topological polar surface area (TPSA) is 0 Å². The molecular weight excluding hydrogens is 302 g/mol. The normalized spacial score (nSPS) is 31.5. The molecular formula is C22H30F2. The number of halogens is 2. The number of allylic oxidation sites excluding steroid dienone is 2. The number of hydrogen-bond acceptors (Lipinski definition) is 0. The van der Waals surface area contributed by atoms with E-state index in [0.29, 0.717) is 5.92 Å². The molecule has 0 heterocycles. The average molecular weight is 332 g/mol. The lowest BCUT2D eigenvalue weighted by Gasteiger charge is -2.37. The maximum absolute atomic E-state index is 13.4. The van der Waals surface area contributed by atoms with Crippen molar-refractivity contribution in [3.8, 4) is 0 Å². The van der Waals surface area contributed by atoms with E-state index >= 15 is 0 Å². The largest absolute Gasteiger partial charge is 0.204 e. The van der Waals surface area contributed by atoms with Gasteiger partial charge in [0, 0.05) is 0 Å². The minimum atomic E-state index is -0.735. The van der Waals surface area contributed by atoms with Crippen LogP contribution in [-0.4, -0.2) is 0 Å². The maximum atomic E-state index is 13.4. The summed E-state index contributed by atoms with van der Waals surface area (Å²) in [5.74, 6) is 1.53. The van der Waals surface area contributed by atoms with Gasteiger partial charge in [-0.05, 0) is 99.2 Å². The highest BCUT2D eigenvalue weighted by Crippen LogP contribution is 2.44. The van der Waals surface area contributed by atoms with E-state index in [1.54, 1.807) is 6.07 Å². The smallest absolute Gasteiger partial charge is 0.159 e. The van der Waals surface area contributed by atoms with Crippen molar-refractivity contribution >= 4 is 0 Å². The molecule has 0 nitrogen and oxygen atoms in total. The van der Waals surface area contributed by atoms with Crippen molar-refractivity contribution in [2.45, 2.75) is 70.6 Å². The summed E-state index contributed by atoms with van der Waals surface area (Å²) in [6, 6.07) is 4.46. The molecule has 1 aromatic carbocycles. The van der Waals surface area contributed by atoms with Gasteiger partial charge in [-0.1, -0.05) is 25.1 Å². The van der Waals surface area contributed by atoms with Gasteiger partial charge in [0.05, 0.1) is 0 Å². The summed E-state index contributed by atoms with van der Waals surface area (Å²) in [5.41, 5.74) is 0.987. The SMILES string of the molecule is CC/C=C/C1CCC(C2CCC(c3ccc(F)c(F)c3)CC2)CC1. The van der Waals surface area contributed by atoms with Crippen molar-refractivity contribution in [3.05, 3.63) is 47.5 Å². The van der Waals surface area contributed by atoms with E-state index in [1.807, 2.05) is 0 Å². The fourth-order valence-corrected chi connectivity index (χ4v) is 4.83. The lowest BCUT2D eigenvalue weighted by atomic mass is 9.68. The molecule has 0 bridgehead atoms. The van der Waals surface area contributed by atoms with Gasteiger partial charge in [-0.15, -0.1) is 0 Å². The summed E-state index contributed by atoms with van der Waals surface area (Å²) in [5, 5.41) is 0. The Morgan fingerprint density at radius 2 is 1.50 bits per heavy atom. The van der Waals surface area contributed by atoms with Crippen molar-refractivity contribution in [2.75, 3.05) is 0 Å². The van der Waals surface area contributed by atoms with Crippen molar-refractivity contribution in [1.29, 1.82) is 0 Å². The first-order valence-electron chi connectivity index (χ1n) is 9.79. The molecule has 0 spiro atoms. The van der Waals surface area contributed by atoms with Crippen LogP contribution in [-0.2, 0) is 0 Å². The summed E-state index contributed by atoms with van der Waals surface area (Å²) >= 11 is 0. The standard InChI is InChI=1S/C22H30F2/c1-2-3-4-16-5-7-17(8-6-16)18-9-11-19(12-10-18)20-13-14-21(23)22(24)15-20/h3-4,13-19H,2,5-12H2,1H3/b4-3+. The molecule has 2 aliphatic rings. The second kappa shape index (κ2) is 8.27. The van der Waals surface area contributed by atoms with Crippen LogP contribution >= 0.6 is 0 Å². The van der Waals surface area contributed by atoms with Crippen molar-refractivity contribution in [1.82, 2.24) is 0 Å². The van der Waals surface area contributed by atoms with E-state index in [0.717, 1.165) is 42.6 Å². The number of rotatable bonds is 4. The molecule has 24 heavy (non-hydrogen) atoms. The molecule has 0 aliphatic heterocycles. The Morgan fingerprint density at radius 3 is 2.08 bits per heavy atom. The molecule has 2 heteroatoms. The molecule has 0 unspecified atom stereocenters. The zero-order valence-electron chi connectivity index (χ0n) is 14.8. The first-order valence-corrected chi connectivity index (χ1v) is 9.79. The summed E-state index contributed by atoms with van der Waals surface area (Å²) < 4.78 is 26.5. The fraction of sp³-hybridized carbons (Fsp3) is 0.636. The number of benzene rings is 1. The highest BCUT2D eigenvalue weighted by atomic mass is 19.2. The van der Waals surface area contributed by atoms with Crippen LogP contribution in [0.1, 0.15) is 76.2 Å². The number of hydrogen-bond donors (Lipinski definition) is 0. The van der Waals surface area contributed by atoms with Crippen LogP contribution in [0.4, 0.5) is 8.78 Å². The van der Waals surface area contributed by atoms with Crippen LogP contribution in [0.25, 0.3) is 0 Å². The predicted octanol–water partition coefficient (Wildman–Crippen LogP) is 7.01. The van der Waals surface area contributed by atoms with Gasteiger partial charge in [-0.25, -0.2) is 8.78 Å². The lowest BCUT2D eigenvalue weighted by molar-refractivity contribution is 0.171. The van der Waals surface area contributed by atoms with E-state index in [4.69, 9.17) is 0 Å². The van der Waals surface area contributed by atoms with Gasteiger partial charge in [0.25, 0.3) is 0 Å². The Bertz CT molecular complexity index is 547. The van der Waals surface area contributed by atoms with Gasteiger partial charge in [0.1, 0.15) is 0 Å². The maximum Gasteiger partial charge on any atom is 0.159 e. The average Bonchev–Trinajstić information content (AvgIpc) is 2.63. The molecule has 132 valence electrons. The Hall–Kier alpha value is -1.18. The zero-order chi connectivity index (χ0) is 16.9. The molecule has 3 rings (SSSR count). The monoisotopic (exact) mass is 332 g/mol. The van der Waals surface area contributed by atoms with Crippen LogP contribution in [0, 0.1) is 29.4 Å². The fourth-order valence-electron chi connectivity index (χ4n) is 4.83. The van der Waals surface area contributed by atoms with Crippen molar-refractivity contribution in [3.63, 3.8) is 0 Å². The molecule has 0 radical (unpaired) electrons. The molecule has 2 aliphatic carbocycles. The second-order valence-electron chi connectivity index (χ2n) is 7.80. The van der Waals surface area contributed by atoms with Gasteiger partial charge in [0.15, 0.2) is 11.6 Å². The molecule has 1 aromatic rings. The quantitative estimate of drug-likeness (QED) is 0.520. The Kier molecular flexibility index (Phi) is 6.08. The molecule has 0 saturated heterocycles. The Labute approximate surface area is 145 Å². The van der Waals surface area contributed by atoms with Crippen molar-refractivity contribution < 1.29 is 8.78 Å². The van der Waals surface area contributed by atoms with Crippen LogP contribution in [0.5, 0.6) is 0 Å². The van der Waals surface area contributed by atoms with E-state index < -0.39 is 11.6 Å². The third kappa shape index (κ3) is 4.26. The van der Waals surface area contributed by atoms with Crippen LogP contribution in [0.2, 0.25) is 0 Å². The minimum absolute atomic E-state index is 0.417. The van der Waals surface area contributed by atoms with Gasteiger partial charge >= 0.3 is 0 Å². The summed E-state index contributed by atoms with van der Waals surface area (Å²) in [7, 11) is 0. The highest BCUT2D eigenvalue weighted by Gasteiger charge is 2.30. The first kappa shape index (κ1) is 17.6. The van der Waals surface area contributed by atoms with E-state index in [2.05, 4.69) is 19.1 Å². The van der Waals surface area contributed by atoms with Crippen molar-refractivity contribution in [2.24, 2.45) is 17.8 Å². The van der Waals surface area contributed by atoms with Crippen LogP contribution in [0.15, 0.2) is 30.4 Å². The molecule has 0 amide bonds. The summed E-state index contributed by atoms with van der Waals surface area (Å²) in [4.78, 5) is 0. The molecule has 0 aromatic heterocycles. The Morgan fingerprint density at radius 1 is 0.875 bits per heavy atom. The summed E-state index contributed by atoms with van der Waals surface area (Å²) in [6.07, 6.45) is 16.1. The van der Waals surface area contributed by atoms with Gasteiger partial charge < -0.3 is 0 Å².